The normalized spacial score (nSPS) is 17.7. The fraction of sp³-hybridized carbons (Fsp3) is 0.542. The molecule has 1 aromatic carbocycles. The van der Waals surface area contributed by atoms with Gasteiger partial charge >= 0.3 is 0 Å². The second-order valence-corrected chi connectivity index (χ2v) is 9.83. The van der Waals surface area contributed by atoms with Crippen molar-refractivity contribution in [2.75, 3.05) is 31.8 Å². The molecular weight excluding hydrogens is 450 g/mol. The first kappa shape index (κ1) is 26.1. The quantitative estimate of drug-likeness (QED) is 0.458. The van der Waals surface area contributed by atoms with Crippen LogP contribution in [0.1, 0.15) is 40.5 Å². The second kappa shape index (κ2) is 10.4. The number of amides is 3. The van der Waals surface area contributed by atoms with Crippen molar-refractivity contribution >= 4 is 40.1 Å². The Morgan fingerprint density at radius 3 is 2.57 bits per heavy atom. The zero-order chi connectivity index (χ0) is 25.9. The highest BCUT2D eigenvalue weighted by atomic mass is 16.5. The molecule has 1 aliphatic heterocycles. The molecule has 1 aliphatic rings. The summed E-state index contributed by atoms with van der Waals surface area (Å²) < 4.78 is 5.44. The molecule has 3 rings (SSSR count). The van der Waals surface area contributed by atoms with Crippen LogP contribution in [0.3, 0.4) is 0 Å². The Labute approximate surface area is 205 Å². The molecule has 0 radical (unpaired) electrons. The number of fused-ring (bicyclic) bond motifs is 1. The summed E-state index contributed by atoms with van der Waals surface area (Å²) in [6.45, 7) is 7.81. The summed E-state index contributed by atoms with van der Waals surface area (Å²) in [6, 6.07) is 1.42. The van der Waals surface area contributed by atoms with Gasteiger partial charge in [0.25, 0.3) is 0 Å². The molecule has 11 heteroatoms. The van der Waals surface area contributed by atoms with E-state index in [0.29, 0.717) is 41.7 Å². The van der Waals surface area contributed by atoms with E-state index >= 15 is 0 Å². The standard InChI is InChI=1S/C24H35N7O4/c1-13(26-5)21(32)30-19(24(2,3)4)23(34)31-9-7-8-17(31)22(33)29-16-10-14-15(11-18(16)35-6)27-12-28-20(14)25/h10-13,17,19,26H,7-9H2,1-6H3,(H,29,33)(H,30,32)(H2,25,27,28). The lowest BCUT2D eigenvalue weighted by Crippen LogP contribution is -2.59. The van der Waals surface area contributed by atoms with E-state index in [2.05, 4.69) is 25.9 Å². The third-order valence-electron chi connectivity index (χ3n) is 6.31. The van der Waals surface area contributed by atoms with Gasteiger partial charge in [-0.05, 0) is 38.3 Å². The number of rotatable bonds is 7. The monoisotopic (exact) mass is 485 g/mol. The van der Waals surface area contributed by atoms with E-state index in [1.165, 1.54) is 13.4 Å². The third-order valence-corrected chi connectivity index (χ3v) is 6.31. The number of nitrogens with one attached hydrogen (secondary N) is 3. The SMILES string of the molecule is CNC(C)C(=O)NC(C(=O)N1CCCC1C(=O)Nc1cc2c(N)ncnc2cc1OC)C(C)(C)C. The Balaban J connectivity index is 1.85. The van der Waals surface area contributed by atoms with Gasteiger partial charge in [0.2, 0.25) is 17.7 Å². The molecule has 1 saturated heterocycles. The maximum atomic E-state index is 13.6. The number of nitrogen functional groups attached to an aromatic ring is 1. The number of carbonyl (C=O) groups is 3. The molecule has 11 nitrogen and oxygen atoms in total. The predicted octanol–water partition coefficient (Wildman–Crippen LogP) is 1.29. The molecule has 3 unspecified atom stereocenters. The number of nitrogens with two attached hydrogens (primary N) is 1. The molecule has 3 amide bonds. The zero-order valence-electron chi connectivity index (χ0n) is 21.1. The lowest BCUT2D eigenvalue weighted by molar-refractivity contribution is -0.143. The first-order valence-corrected chi connectivity index (χ1v) is 11.6. The minimum absolute atomic E-state index is 0.276. The Bertz CT molecular complexity index is 1110. The largest absolute Gasteiger partial charge is 0.494 e. The Morgan fingerprint density at radius 2 is 1.94 bits per heavy atom. The van der Waals surface area contributed by atoms with Crippen LogP contribution in [-0.2, 0) is 14.4 Å². The van der Waals surface area contributed by atoms with E-state index < -0.39 is 23.5 Å². The number of benzene rings is 1. The fourth-order valence-electron chi connectivity index (χ4n) is 4.10. The van der Waals surface area contributed by atoms with Crippen LogP contribution in [0.5, 0.6) is 5.75 Å². The highest BCUT2D eigenvalue weighted by Gasteiger charge is 2.42. The third kappa shape index (κ3) is 5.61. The van der Waals surface area contributed by atoms with Crippen LogP contribution in [0.2, 0.25) is 0 Å². The van der Waals surface area contributed by atoms with Crippen molar-refractivity contribution in [1.29, 1.82) is 0 Å². The number of likely N-dealkylation sites (N-methyl/N-ethyl adjacent to an activating group) is 1. The van der Waals surface area contributed by atoms with Crippen LogP contribution in [0.15, 0.2) is 18.5 Å². The van der Waals surface area contributed by atoms with Crippen LogP contribution in [0, 0.1) is 5.41 Å². The molecule has 1 aromatic heterocycles. The van der Waals surface area contributed by atoms with Crippen molar-refractivity contribution in [3.05, 3.63) is 18.5 Å². The van der Waals surface area contributed by atoms with Crippen LogP contribution in [-0.4, -0.2) is 71.4 Å². The van der Waals surface area contributed by atoms with Gasteiger partial charge in [0.1, 0.15) is 30.0 Å². The first-order chi connectivity index (χ1) is 16.5. The molecule has 0 spiro atoms. The summed E-state index contributed by atoms with van der Waals surface area (Å²) in [5.74, 6) is -0.200. The Kier molecular flexibility index (Phi) is 7.79. The van der Waals surface area contributed by atoms with Gasteiger partial charge in [0.05, 0.1) is 24.4 Å². The number of hydrogen-bond acceptors (Lipinski definition) is 8. The number of methoxy groups -OCH3 is 1. The van der Waals surface area contributed by atoms with E-state index in [1.54, 1.807) is 31.0 Å². The second-order valence-electron chi connectivity index (χ2n) is 9.83. The van der Waals surface area contributed by atoms with Gasteiger partial charge < -0.3 is 31.3 Å². The van der Waals surface area contributed by atoms with Gasteiger partial charge in [-0.25, -0.2) is 9.97 Å². The maximum absolute atomic E-state index is 13.6. The summed E-state index contributed by atoms with van der Waals surface area (Å²) in [5, 5.41) is 9.21. The topological polar surface area (TPSA) is 152 Å². The summed E-state index contributed by atoms with van der Waals surface area (Å²) in [5.41, 5.74) is 6.43. The minimum Gasteiger partial charge on any atom is -0.494 e. The summed E-state index contributed by atoms with van der Waals surface area (Å²) in [4.78, 5) is 49.3. The average molecular weight is 486 g/mol. The lowest BCUT2D eigenvalue weighted by atomic mass is 9.85. The number of carbonyl (C=O) groups excluding carboxylic acids is 3. The number of nitrogens with zero attached hydrogens (tertiary/aromatic N) is 3. The molecule has 1 fully saturated rings. The Hall–Kier alpha value is -3.47. The molecular formula is C24H35N7O4. The highest BCUT2D eigenvalue weighted by Crippen LogP contribution is 2.32. The first-order valence-electron chi connectivity index (χ1n) is 11.6. The fourth-order valence-corrected chi connectivity index (χ4v) is 4.10. The summed E-state index contributed by atoms with van der Waals surface area (Å²) in [7, 11) is 3.18. The van der Waals surface area contributed by atoms with Gasteiger partial charge in [0, 0.05) is 18.0 Å². The van der Waals surface area contributed by atoms with E-state index in [4.69, 9.17) is 10.5 Å². The maximum Gasteiger partial charge on any atom is 0.247 e. The molecule has 0 bridgehead atoms. The van der Waals surface area contributed by atoms with Crippen molar-refractivity contribution in [1.82, 2.24) is 25.5 Å². The number of likely N-dealkylation sites (tertiary alicyclic amines) is 1. The number of hydrogen-bond donors (Lipinski definition) is 4. The Morgan fingerprint density at radius 1 is 1.23 bits per heavy atom. The average Bonchev–Trinajstić information content (AvgIpc) is 3.31. The van der Waals surface area contributed by atoms with Crippen molar-refractivity contribution in [2.45, 2.75) is 58.7 Å². The molecule has 2 heterocycles. The number of ether oxygens (including phenoxy) is 1. The zero-order valence-corrected chi connectivity index (χ0v) is 21.1. The molecule has 0 saturated carbocycles. The molecule has 190 valence electrons. The molecule has 2 aromatic rings. The summed E-state index contributed by atoms with van der Waals surface area (Å²) in [6.07, 6.45) is 2.55. The van der Waals surface area contributed by atoms with E-state index in [9.17, 15) is 14.4 Å². The van der Waals surface area contributed by atoms with Crippen molar-refractivity contribution < 1.29 is 19.1 Å². The molecule has 5 N–H and O–H groups in total. The van der Waals surface area contributed by atoms with E-state index in [0.717, 1.165) is 0 Å². The van der Waals surface area contributed by atoms with Crippen molar-refractivity contribution in [3.8, 4) is 5.75 Å². The van der Waals surface area contributed by atoms with Crippen LogP contribution in [0.25, 0.3) is 10.9 Å². The lowest BCUT2D eigenvalue weighted by Gasteiger charge is -2.36. The van der Waals surface area contributed by atoms with Crippen LogP contribution >= 0.6 is 0 Å². The van der Waals surface area contributed by atoms with Gasteiger partial charge in [-0.3, -0.25) is 14.4 Å². The number of anilines is 2. The number of aromatic nitrogens is 2. The van der Waals surface area contributed by atoms with Crippen molar-refractivity contribution in [2.24, 2.45) is 5.41 Å². The smallest absolute Gasteiger partial charge is 0.247 e. The van der Waals surface area contributed by atoms with E-state index in [1.807, 2.05) is 20.8 Å². The van der Waals surface area contributed by atoms with Gasteiger partial charge in [-0.2, -0.15) is 0 Å². The summed E-state index contributed by atoms with van der Waals surface area (Å²) >= 11 is 0. The molecule has 3 atom stereocenters. The molecule has 0 aliphatic carbocycles. The van der Waals surface area contributed by atoms with Gasteiger partial charge in [-0.15, -0.1) is 0 Å². The van der Waals surface area contributed by atoms with Crippen molar-refractivity contribution in [3.63, 3.8) is 0 Å². The molecule has 35 heavy (non-hydrogen) atoms. The highest BCUT2D eigenvalue weighted by molar-refractivity contribution is 6.02. The van der Waals surface area contributed by atoms with E-state index in [-0.39, 0.29) is 23.5 Å². The van der Waals surface area contributed by atoms with Crippen LogP contribution in [0.4, 0.5) is 11.5 Å². The minimum atomic E-state index is -0.786. The van der Waals surface area contributed by atoms with Gasteiger partial charge in [0.15, 0.2) is 0 Å². The van der Waals surface area contributed by atoms with Crippen LogP contribution < -0.4 is 26.4 Å². The predicted molar refractivity (Wildman–Crippen MR) is 134 cm³/mol. The van der Waals surface area contributed by atoms with Gasteiger partial charge in [-0.1, -0.05) is 20.8 Å².